The number of thioether (sulfide) groups is 1. The predicted molar refractivity (Wildman–Crippen MR) is 94.7 cm³/mol. The van der Waals surface area contributed by atoms with Crippen molar-refractivity contribution in [1.82, 2.24) is 0 Å². The number of hydrogen-bond donors (Lipinski definition) is 0. The van der Waals surface area contributed by atoms with Gasteiger partial charge in [0.15, 0.2) is 0 Å². The van der Waals surface area contributed by atoms with Crippen LogP contribution in [0.15, 0.2) is 57.6 Å². The molecule has 0 aliphatic carbocycles. The van der Waals surface area contributed by atoms with Crippen molar-refractivity contribution in [3.8, 4) is 0 Å². The molecular formula is C15H22BrNO2S. The Morgan fingerprint density at radius 3 is 2.20 bits per heavy atom. The van der Waals surface area contributed by atoms with Gasteiger partial charge in [-0.15, -0.1) is 11.8 Å². The highest BCUT2D eigenvalue weighted by Crippen LogP contribution is 2.26. The van der Waals surface area contributed by atoms with Gasteiger partial charge in [-0.3, -0.25) is 10.1 Å². The maximum Gasteiger partial charge on any atom is 0.276 e. The lowest BCUT2D eigenvalue weighted by Crippen LogP contribution is -1.97. The normalized spacial score (nSPS) is 12.4. The summed E-state index contributed by atoms with van der Waals surface area (Å²) in [5, 5.41) is 10.6. The molecule has 5 heteroatoms. The van der Waals surface area contributed by atoms with Gasteiger partial charge in [0, 0.05) is 4.91 Å². The third kappa shape index (κ3) is 7.50. The molecule has 0 saturated carbocycles. The molecule has 0 radical (unpaired) electrons. The molecule has 0 aromatic carbocycles. The van der Waals surface area contributed by atoms with Crippen LogP contribution < -0.4 is 0 Å². The molecule has 0 rings (SSSR count). The van der Waals surface area contributed by atoms with E-state index < -0.39 is 4.92 Å². The van der Waals surface area contributed by atoms with Crippen LogP contribution in [0.25, 0.3) is 0 Å². The lowest BCUT2D eigenvalue weighted by Gasteiger charge is -2.06. The first-order valence-electron chi connectivity index (χ1n) is 6.12. The van der Waals surface area contributed by atoms with Crippen LogP contribution in [0.3, 0.4) is 0 Å². The zero-order chi connectivity index (χ0) is 16.3. The molecule has 0 spiro atoms. The molecular weight excluding hydrogens is 338 g/mol. The van der Waals surface area contributed by atoms with E-state index in [0.29, 0.717) is 10.1 Å². The molecule has 0 aromatic heterocycles. The summed E-state index contributed by atoms with van der Waals surface area (Å²) in [6.07, 6.45) is 7.51. The summed E-state index contributed by atoms with van der Waals surface area (Å²) in [5.41, 5.74) is 1.52. The highest BCUT2D eigenvalue weighted by atomic mass is 79.9. The van der Waals surface area contributed by atoms with Gasteiger partial charge in [0.25, 0.3) is 5.70 Å². The van der Waals surface area contributed by atoms with Crippen molar-refractivity contribution in [1.29, 1.82) is 0 Å². The van der Waals surface area contributed by atoms with Crippen molar-refractivity contribution < 1.29 is 4.92 Å². The Balaban J connectivity index is 0. The molecule has 0 aromatic rings. The maximum atomic E-state index is 10.6. The Bertz CT molecular complexity index is 462. The van der Waals surface area contributed by atoms with E-state index in [1.807, 2.05) is 46.1 Å². The molecule has 0 unspecified atom stereocenters. The zero-order valence-corrected chi connectivity index (χ0v) is 15.1. The number of hydrogen-bond acceptors (Lipinski definition) is 3. The Labute approximate surface area is 134 Å². The topological polar surface area (TPSA) is 43.1 Å². The third-order valence-corrected chi connectivity index (χ3v) is 3.75. The van der Waals surface area contributed by atoms with Gasteiger partial charge in [-0.2, -0.15) is 0 Å². The minimum absolute atomic E-state index is 0.180. The Kier molecular flexibility index (Phi) is 12.5. The Hall–Kier alpha value is -1.07. The minimum Gasteiger partial charge on any atom is -0.258 e. The van der Waals surface area contributed by atoms with E-state index in [1.54, 1.807) is 17.8 Å². The van der Waals surface area contributed by atoms with Crippen molar-refractivity contribution >= 4 is 27.7 Å². The summed E-state index contributed by atoms with van der Waals surface area (Å²) in [6, 6.07) is 0. The minimum atomic E-state index is -0.533. The van der Waals surface area contributed by atoms with E-state index in [4.69, 9.17) is 0 Å². The molecule has 20 heavy (non-hydrogen) atoms. The average Bonchev–Trinajstić information content (AvgIpc) is 2.44. The largest absolute Gasteiger partial charge is 0.276 e. The number of nitrogens with zero attached hydrogens (tertiary/aromatic N) is 1. The number of halogens is 1. The van der Waals surface area contributed by atoms with Gasteiger partial charge in [-0.05, 0) is 59.8 Å². The van der Waals surface area contributed by atoms with E-state index in [0.717, 1.165) is 10.5 Å². The van der Waals surface area contributed by atoms with Crippen molar-refractivity contribution in [2.24, 2.45) is 0 Å². The molecule has 0 atom stereocenters. The van der Waals surface area contributed by atoms with E-state index in [1.165, 1.54) is 0 Å². The second-order valence-electron chi connectivity index (χ2n) is 3.41. The van der Waals surface area contributed by atoms with Gasteiger partial charge in [0.1, 0.15) is 0 Å². The van der Waals surface area contributed by atoms with Crippen LogP contribution >= 0.6 is 27.7 Å². The molecule has 0 N–H and O–H groups in total. The van der Waals surface area contributed by atoms with Gasteiger partial charge in [-0.1, -0.05) is 32.6 Å². The van der Waals surface area contributed by atoms with Crippen molar-refractivity contribution in [3.05, 3.63) is 67.7 Å². The highest BCUT2D eigenvalue weighted by molar-refractivity contribution is 9.11. The molecule has 0 fully saturated rings. The van der Waals surface area contributed by atoms with E-state index in [2.05, 4.69) is 29.1 Å². The molecule has 0 aliphatic heterocycles. The average molecular weight is 360 g/mol. The van der Waals surface area contributed by atoms with Crippen molar-refractivity contribution in [2.45, 2.75) is 27.7 Å². The van der Waals surface area contributed by atoms with Gasteiger partial charge < -0.3 is 0 Å². The quantitative estimate of drug-likeness (QED) is 0.339. The molecule has 0 heterocycles. The van der Waals surface area contributed by atoms with Gasteiger partial charge in [0.2, 0.25) is 0 Å². The fraction of sp³-hybridized carbons (Fsp3) is 0.333. The second kappa shape index (κ2) is 11.7. The van der Waals surface area contributed by atoms with E-state index in [-0.39, 0.29) is 5.70 Å². The maximum absolute atomic E-state index is 10.6. The van der Waals surface area contributed by atoms with E-state index in [9.17, 15) is 10.1 Å². The molecule has 0 amide bonds. The molecule has 0 saturated heterocycles. The van der Waals surface area contributed by atoms with Crippen LogP contribution in [-0.2, 0) is 0 Å². The van der Waals surface area contributed by atoms with Gasteiger partial charge in [-0.25, -0.2) is 0 Å². The predicted octanol–water partition coefficient (Wildman–Crippen LogP) is 5.85. The van der Waals surface area contributed by atoms with Crippen LogP contribution in [0, 0.1) is 10.1 Å². The highest BCUT2D eigenvalue weighted by Gasteiger charge is 2.12. The van der Waals surface area contributed by atoms with Crippen LogP contribution in [0.1, 0.15) is 27.7 Å². The molecule has 0 bridgehead atoms. The lowest BCUT2D eigenvalue weighted by atomic mass is 10.1. The third-order valence-electron chi connectivity index (χ3n) is 2.19. The monoisotopic (exact) mass is 359 g/mol. The molecule has 3 nitrogen and oxygen atoms in total. The summed E-state index contributed by atoms with van der Waals surface area (Å²) < 4.78 is 0.331. The first-order chi connectivity index (χ1) is 9.34. The second-order valence-corrected chi connectivity index (χ2v) is 5.12. The SMILES string of the molecule is C=C(/C=C(/Br)C(=C)[N+](=O)[O-])/C(C)=C(/C=C\C)SC.CC. The summed E-state index contributed by atoms with van der Waals surface area (Å²) in [6.45, 7) is 15.2. The first kappa shape index (κ1) is 21.2. The number of allylic oxidation sites excluding steroid dienone is 6. The summed E-state index contributed by atoms with van der Waals surface area (Å²) in [7, 11) is 0. The Morgan fingerprint density at radius 1 is 1.35 bits per heavy atom. The molecule has 112 valence electrons. The summed E-state index contributed by atoms with van der Waals surface area (Å²) in [5.74, 6) is 0. The smallest absolute Gasteiger partial charge is 0.258 e. The Morgan fingerprint density at radius 2 is 1.85 bits per heavy atom. The van der Waals surface area contributed by atoms with Crippen molar-refractivity contribution in [2.75, 3.05) is 6.26 Å². The van der Waals surface area contributed by atoms with Crippen LogP contribution in [-0.4, -0.2) is 11.2 Å². The zero-order valence-electron chi connectivity index (χ0n) is 12.7. The summed E-state index contributed by atoms with van der Waals surface area (Å²) >= 11 is 4.74. The fourth-order valence-electron chi connectivity index (χ4n) is 1.09. The summed E-state index contributed by atoms with van der Waals surface area (Å²) in [4.78, 5) is 11.1. The fourth-order valence-corrected chi connectivity index (χ4v) is 2.22. The van der Waals surface area contributed by atoms with Crippen LogP contribution in [0.2, 0.25) is 0 Å². The van der Waals surface area contributed by atoms with Crippen LogP contribution in [0.4, 0.5) is 0 Å². The lowest BCUT2D eigenvalue weighted by molar-refractivity contribution is -0.418. The number of nitro groups is 1. The van der Waals surface area contributed by atoms with Crippen molar-refractivity contribution in [3.63, 3.8) is 0 Å². The standard InChI is InChI=1S/C13H16BrNO2S.C2H6/c1-6-7-13(18-5)10(3)9(2)8-12(14)11(4)15(16)17;1-2/h6-8H,2,4H2,1,3,5H3;1-2H3/b7-6-,12-8+,13-10-;. The van der Waals surface area contributed by atoms with Gasteiger partial charge in [0.05, 0.1) is 9.41 Å². The first-order valence-corrected chi connectivity index (χ1v) is 8.14. The number of rotatable bonds is 6. The van der Waals surface area contributed by atoms with Crippen LogP contribution in [0.5, 0.6) is 0 Å². The van der Waals surface area contributed by atoms with E-state index >= 15 is 0 Å². The van der Waals surface area contributed by atoms with Gasteiger partial charge >= 0.3 is 0 Å². The molecule has 0 aliphatic rings.